The number of rotatable bonds is 4. The minimum Gasteiger partial charge on any atom is -0.481 e. The maximum absolute atomic E-state index is 11.9. The molecule has 0 spiro atoms. The molecule has 1 aromatic heterocycles. The predicted molar refractivity (Wildman–Crippen MR) is 70.9 cm³/mol. The molecule has 0 fully saturated rings. The number of ether oxygens (including phenoxy) is 1. The third-order valence-corrected chi connectivity index (χ3v) is 2.66. The summed E-state index contributed by atoms with van der Waals surface area (Å²) in [5.74, 6) is 0.122. The molecule has 0 saturated heterocycles. The number of benzene rings is 1. The number of amides is 1. The molecule has 1 N–H and O–H groups in total. The zero-order valence-electron chi connectivity index (χ0n) is 10.9. The van der Waals surface area contributed by atoms with E-state index in [0.29, 0.717) is 18.1 Å². The number of hydrogen-bond donors (Lipinski definition) is 1. The molecule has 0 bridgehead atoms. The first-order valence-corrected chi connectivity index (χ1v) is 5.89. The molecule has 0 atom stereocenters. The normalized spacial score (nSPS) is 10.0. The molecule has 0 unspecified atom stereocenters. The standard InChI is InChI=1S/C14H15N3O2/c1-10-3-5-11(6-4-10)8-15-14(18)12-7-13(19-2)17-9-16-12/h3-7,9H,8H2,1-2H3,(H,15,18). The van der Waals surface area contributed by atoms with Crippen molar-refractivity contribution in [3.05, 3.63) is 53.5 Å². The molecule has 98 valence electrons. The molecule has 1 aromatic carbocycles. The molecule has 2 aromatic rings. The van der Waals surface area contributed by atoms with Crippen LogP contribution in [0.25, 0.3) is 0 Å². The summed E-state index contributed by atoms with van der Waals surface area (Å²) in [5, 5.41) is 2.80. The Labute approximate surface area is 111 Å². The van der Waals surface area contributed by atoms with Gasteiger partial charge in [0.05, 0.1) is 7.11 Å². The molecule has 1 heterocycles. The van der Waals surface area contributed by atoms with Gasteiger partial charge in [-0.2, -0.15) is 0 Å². The fraction of sp³-hybridized carbons (Fsp3) is 0.214. The molecule has 0 aliphatic carbocycles. The molecule has 0 aliphatic rings. The second-order valence-electron chi connectivity index (χ2n) is 4.11. The van der Waals surface area contributed by atoms with Crippen molar-refractivity contribution in [2.45, 2.75) is 13.5 Å². The molecule has 1 amide bonds. The van der Waals surface area contributed by atoms with Crippen LogP contribution in [-0.2, 0) is 6.54 Å². The van der Waals surface area contributed by atoms with Gasteiger partial charge in [0.1, 0.15) is 12.0 Å². The first-order chi connectivity index (χ1) is 9.19. The minimum absolute atomic E-state index is 0.249. The first kappa shape index (κ1) is 13.0. The summed E-state index contributed by atoms with van der Waals surface area (Å²) in [6, 6.07) is 9.49. The summed E-state index contributed by atoms with van der Waals surface area (Å²) >= 11 is 0. The average Bonchev–Trinajstić information content (AvgIpc) is 2.46. The monoisotopic (exact) mass is 257 g/mol. The van der Waals surface area contributed by atoms with Gasteiger partial charge in [0.25, 0.3) is 5.91 Å². The van der Waals surface area contributed by atoms with Crippen molar-refractivity contribution in [2.24, 2.45) is 0 Å². The molecule has 0 aliphatic heterocycles. The van der Waals surface area contributed by atoms with Crippen LogP contribution in [-0.4, -0.2) is 23.0 Å². The lowest BCUT2D eigenvalue weighted by Gasteiger charge is -2.06. The van der Waals surface area contributed by atoms with E-state index in [9.17, 15) is 4.79 Å². The summed E-state index contributed by atoms with van der Waals surface area (Å²) in [4.78, 5) is 19.7. The van der Waals surface area contributed by atoms with Crippen molar-refractivity contribution >= 4 is 5.91 Å². The van der Waals surface area contributed by atoms with Crippen molar-refractivity contribution in [3.8, 4) is 5.88 Å². The first-order valence-electron chi connectivity index (χ1n) is 5.89. The van der Waals surface area contributed by atoms with Gasteiger partial charge in [0, 0.05) is 12.6 Å². The Morgan fingerprint density at radius 1 is 1.26 bits per heavy atom. The third kappa shape index (κ3) is 3.51. The van der Waals surface area contributed by atoms with Crippen molar-refractivity contribution in [1.29, 1.82) is 0 Å². The fourth-order valence-electron chi connectivity index (χ4n) is 1.55. The number of hydrogen-bond acceptors (Lipinski definition) is 4. The van der Waals surface area contributed by atoms with Crippen LogP contribution in [0.4, 0.5) is 0 Å². The molecule has 5 nitrogen and oxygen atoms in total. The SMILES string of the molecule is COc1cc(C(=O)NCc2ccc(C)cc2)ncn1. The van der Waals surface area contributed by atoms with Gasteiger partial charge in [0.15, 0.2) is 0 Å². The lowest BCUT2D eigenvalue weighted by atomic mass is 10.1. The number of aryl methyl sites for hydroxylation is 1. The van der Waals surface area contributed by atoms with E-state index in [1.807, 2.05) is 31.2 Å². The van der Waals surface area contributed by atoms with Gasteiger partial charge in [-0.15, -0.1) is 0 Å². The number of methoxy groups -OCH3 is 1. The molecule has 0 saturated carbocycles. The van der Waals surface area contributed by atoms with Crippen LogP contribution >= 0.6 is 0 Å². The zero-order chi connectivity index (χ0) is 13.7. The topological polar surface area (TPSA) is 64.1 Å². The van der Waals surface area contributed by atoms with Crippen LogP contribution in [0.15, 0.2) is 36.7 Å². The van der Waals surface area contributed by atoms with Gasteiger partial charge in [-0.25, -0.2) is 9.97 Å². The number of carbonyl (C=O) groups is 1. The van der Waals surface area contributed by atoms with Crippen molar-refractivity contribution in [3.63, 3.8) is 0 Å². The Morgan fingerprint density at radius 2 is 2.00 bits per heavy atom. The van der Waals surface area contributed by atoms with E-state index in [2.05, 4.69) is 15.3 Å². The third-order valence-electron chi connectivity index (χ3n) is 2.66. The Bertz CT molecular complexity index is 567. The van der Waals surface area contributed by atoms with Crippen molar-refractivity contribution in [2.75, 3.05) is 7.11 Å². The van der Waals surface area contributed by atoms with Gasteiger partial charge < -0.3 is 10.1 Å². The lowest BCUT2D eigenvalue weighted by Crippen LogP contribution is -2.23. The van der Waals surface area contributed by atoms with Crippen molar-refractivity contribution < 1.29 is 9.53 Å². The molecule has 5 heteroatoms. The Morgan fingerprint density at radius 3 is 2.68 bits per heavy atom. The number of nitrogens with zero attached hydrogens (tertiary/aromatic N) is 2. The molecule has 19 heavy (non-hydrogen) atoms. The highest BCUT2D eigenvalue weighted by atomic mass is 16.5. The summed E-state index contributed by atoms with van der Waals surface area (Å²) in [6.07, 6.45) is 1.31. The summed E-state index contributed by atoms with van der Waals surface area (Å²) in [7, 11) is 1.50. The van der Waals surface area contributed by atoms with Gasteiger partial charge in [-0.05, 0) is 12.5 Å². The van der Waals surface area contributed by atoms with E-state index in [0.717, 1.165) is 5.56 Å². The maximum Gasteiger partial charge on any atom is 0.270 e. The van der Waals surface area contributed by atoms with Crippen LogP contribution < -0.4 is 10.1 Å². The van der Waals surface area contributed by atoms with E-state index in [-0.39, 0.29) is 5.91 Å². The highest BCUT2D eigenvalue weighted by Crippen LogP contribution is 2.06. The average molecular weight is 257 g/mol. The summed E-state index contributed by atoms with van der Waals surface area (Å²) in [6.45, 7) is 2.49. The van der Waals surface area contributed by atoms with Crippen LogP contribution in [0.3, 0.4) is 0 Å². The largest absolute Gasteiger partial charge is 0.481 e. The highest BCUT2D eigenvalue weighted by molar-refractivity contribution is 5.92. The predicted octanol–water partition coefficient (Wildman–Crippen LogP) is 1.72. The number of aromatic nitrogens is 2. The second kappa shape index (κ2) is 5.95. The van der Waals surface area contributed by atoms with Gasteiger partial charge >= 0.3 is 0 Å². The van der Waals surface area contributed by atoms with E-state index in [4.69, 9.17) is 4.74 Å². The number of carbonyl (C=O) groups excluding carboxylic acids is 1. The lowest BCUT2D eigenvalue weighted by molar-refractivity contribution is 0.0945. The zero-order valence-corrected chi connectivity index (χ0v) is 10.9. The smallest absolute Gasteiger partial charge is 0.270 e. The van der Waals surface area contributed by atoms with E-state index >= 15 is 0 Å². The Balaban J connectivity index is 1.99. The second-order valence-corrected chi connectivity index (χ2v) is 4.11. The molecular weight excluding hydrogens is 242 g/mol. The number of nitrogens with one attached hydrogen (secondary N) is 1. The Kier molecular flexibility index (Phi) is 4.07. The summed E-state index contributed by atoms with van der Waals surface area (Å²) in [5.41, 5.74) is 2.52. The fourth-order valence-corrected chi connectivity index (χ4v) is 1.55. The molecular formula is C14H15N3O2. The summed E-state index contributed by atoms with van der Waals surface area (Å²) < 4.78 is 4.95. The minimum atomic E-state index is -0.249. The quantitative estimate of drug-likeness (QED) is 0.905. The van der Waals surface area contributed by atoms with Crippen LogP contribution in [0, 0.1) is 6.92 Å². The highest BCUT2D eigenvalue weighted by Gasteiger charge is 2.08. The van der Waals surface area contributed by atoms with E-state index in [1.165, 1.54) is 25.1 Å². The van der Waals surface area contributed by atoms with Gasteiger partial charge in [-0.1, -0.05) is 29.8 Å². The van der Waals surface area contributed by atoms with Crippen LogP contribution in [0.1, 0.15) is 21.6 Å². The molecule has 2 rings (SSSR count). The Hall–Kier alpha value is -2.43. The van der Waals surface area contributed by atoms with Crippen LogP contribution in [0.5, 0.6) is 5.88 Å². The molecule has 0 radical (unpaired) electrons. The van der Waals surface area contributed by atoms with Crippen molar-refractivity contribution in [1.82, 2.24) is 15.3 Å². The maximum atomic E-state index is 11.9. The van der Waals surface area contributed by atoms with Gasteiger partial charge in [-0.3, -0.25) is 4.79 Å². The van der Waals surface area contributed by atoms with Crippen LogP contribution in [0.2, 0.25) is 0 Å². The van der Waals surface area contributed by atoms with E-state index in [1.54, 1.807) is 0 Å². The van der Waals surface area contributed by atoms with E-state index < -0.39 is 0 Å². The van der Waals surface area contributed by atoms with Gasteiger partial charge in [0.2, 0.25) is 5.88 Å².